The molecule has 6 rings (SSSR count). The number of amides is 2. The van der Waals surface area contributed by atoms with E-state index in [9.17, 15) is 22.8 Å². The summed E-state index contributed by atoms with van der Waals surface area (Å²) in [6.45, 7) is 1.40. The van der Waals surface area contributed by atoms with Crippen LogP contribution in [-0.2, 0) is 11.0 Å². The van der Waals surface area contributed by atoms with Crippen molar-refractivity contribution in [1.29, 1.82) is 0 Å². The van der Waals surface area contributed by atoms with Crippen molar-refractivity contribution in [2.75, 3.05) is 18.4 Å². The highest BCUT2D eigenvalue weighted by Gasteiger charge is 2.47. The SMILES string of the molecule is NC1=NC=CN2C(N3CCC[C@@H](NC(=O)C4CC4)C3)=[N+]=C(c3ccc(C(=O)Nc4cc(C(F)(F)F)ccn4)cc3)C12. The number of carbonyl (C=O) groups is 2. The summed E-state index contributed by atoms with van der Waals surface area (Å²) in [7, 11) is 0. The molecule has 10 nitrogen and oxygen atoms in total. The van der Waals surface area contributed by atoms with E-state index in [0.29, 0.717) is 29.6 Å². The lowest BCUT2D eigenvalue weighted by atomic mass is 10.00. The van der Waals surface area contributed by atoms with Crippen molar-refractivity contribution in [1.82, 2.24) is 24.8 Å². The highest BCUT2D eigenvalue weighted by molar-refractivity contribution is 6.22. The molecule has 2 aromatic rings. The predicted octanol–water partition coefficient (Wildman–Crippen LogP) is 2.08. The average molecular weight is 566 g/mol. The number of aromatic nitrogens is 1. The second-order valence-corrected chi connectivity index (χ2v) is 10.5. The van der Waals surface area contributed by atoms with Gasteiger partial charge in [0.1, 0.15) is 11.7 Å². The standard InChI is InChI=1S/C28H27F3N8O2/c29-28(30,31)19-9-10-33-21(14-19)36-26(41)18-5-3-16(4-6-18)22-23-24(32)34-11-13-39(23)27(37-22)38-12-1-2-20(15-38)35-25(40)17-7-8-17/h3-6,9-11,13-14,17,20,23H,1-2,7-8,12,15H2,(H3-,32,33,34,35,36,40,41)/p+1/t20-,23?/m1/s1. The van der Waals surface area contributed by atoms with Crippen LogP contribution in [0, 0.1) is 5.92 Å². The minimum absolute atomic E-state index is 0.0333. The normalized spacial score (nSPS) is 22.0. The van der Waals surface area contributed by atoms with E-state index in [4.69, 9.17) is 10.4 Å². The number of anilines is 1. The first-order valence-corrected chi connectivity index (χ1v) is 13.4. The summed E-state index contributed by atoms with van der Waals surface area (Å²) in [6.07, 6.45) is 3.61. The Morgan fingerprint density at radius 1 is 1.10 bits per heavy atom. The molecule has 2 amide bonds. The van der Waals surface area contributed by atoms with E-state index >= 15 is 0 Å². The fraction of sp³-hybridized carbons (Fsp3) is 0.357. The van der Waals surface area contributed by atoms with Gasteiger partial charge in [-0.1, -0.05) is 0 Å². The van der Waals surface area contributed by atoms with E-state index in [1.807, 2.05) is 11.1 Å². The Morgan fingerprint density at radius 3 is 2.61 bits per heavy atom. The number of rotatable bonds is 5. The lowest BCUT2D eigenvalue weighted by molar-refractivity contribution is -0.137. The zero-order valence-electron chi connectivity index (χ0n) is 21.9. The van der Waals surface area contributed by atoms with Crippen molar-refractivity contribution in [2.45, 2.75) is 43.9 Å². The lowest BCUT2D eigenvalue weighted by Crippen LogP contribution is -2.56. The summed E-state index contributed by atoms with van der Waals surface area (Å²) in [5, 5.41) is 5.59. The molecule has 2 atom stereocenters. The molecule has 1 unspecified atom stereocenters. The van der Waals surface area contributed by atoms with Gasteiger partial charge in [0, 0.05) is 23.2 Å². The molecule has 2 fully saturated rings. The quantitative estimate of drug-likeness (QED) is 0.476. The Balaban J connectivity index is 1.22. The monoisotopic (exact) mass is 565 g/mol. The maximum Gasteiger partial charge on any atom is 0.449 e. The van der Waals surface area contributed by atoms with Crippen LogP contribution in [0.1, 0.15) is 47.2 Å². The van der Waals surface area contributed by atoms with Crippen LogP contribution in [0.5, 0.6) is 0 Å². The van der Waals surface area contributed by atoms with Gasteiger partial charge in [-0.15, -0.1) is 0 Å². The molecule has 1 aromatic heterocycles. The van der Waals surface area contributed by atoms with Gasteiger partial charge in [-0.05, 0) is 62.1 Å². The van der Waals surface area contributed by atoms with Crippen molar-refractivity contribution in [3.05, 3.63) is 71.7 Å². The van der Waals surface area contributed by atoms with Crippen LogP contribution in [0.25, 0.3) is 0 Å². The third kappa shape index (κ3) is 5.53. The number of alkyl halides is 3. The number of halogens is 3. The number of fused-ring (bicyclic) bond motifs is 1. The summed E-state index contributed by atoms with van der Waals surface area (Å²) in [6, 6.07) is 7.79. The van der Waals surface area contributed by atoms with Crippen molar-refractivity contribution in [3.8, 4) is 0 Å². The van der Waals surface area contributed by atoms with Gasteiger partial charge in [0.2, 0.25) is 17.7 Å². The fourth-order valence-corrected chi connectivity index (χ4v) is 5.22. The summed E-state index contributed by atoms with van der Waals surface area (Å²) in [5.74, 6) is 0.551. The third-order valence-corrected chi connectivity index (χ3v) is 7.49. The van der Waals surface area contributed by atoms with Gasteiger partial charge in [0.15, 0.2) is 0 Å². The van der Waals surface area contributed by atoms with Gasteiger partial charge >= 0.3 is 12.1 Å². The molecule has 212 valence electrons. The number of amidine groups is 1. The van der Waals surface area contributed by atoms with Crippen LogP contribution in [0.15, 0.2) is 60.0 Å². The summed E-state index contributed by atoms with van der Waals surface area (Å²) < 4.78 is 44.0. The Hall–Kier alpha value is -4.64. The van der Waals surface area contributed by atoms with Crippen LogP contribution in [0.4, 0.5) is 19.0 Å². The Labute approximate surface area is 233 Å². The molecule has 1 aliphatic carbocycles. The molecular formula is C28H28F3N8O2+. The third-order valence-electron chi connectivity index (χ3n) is 7.49. The maximum absolute atomic E-state index is 13.0. The van der Waals surface area contributed by atoms with Crippen LogP contribution in [0.2, 0.25) is 0 Å². The van der Waals surface area contributed by atoms with Gasteiger partial charge in [0.05, 0.1) is 37.1 Å². The van der Waals surface area contributed by atoms with E-state index in [2.05, 4.69) is 25.5 Å². The number of nitrogens with one attached hydrogen (secondary N) is 2. The van der Waals surface area contributed by atoms with E-state index in [0.717, 1.165) is 50.6 Å². The van der Waals surface area contributed by atoms with E-state index in [1.54, 1.807) is 30.5 Å². The smallest absolute Gasteiger partial charge is 0.384 e. The van der Waals surface area contributed by atoms with Gasteiger partial charge in [0.25, 0.3) is 5.91 Å². The fourth-order valence-electron chi connectivity index (χ4n) is 5.22. The average Bonchev–Trinajstić information content (AvgIpc) is 3.74. The number of carbonyl (C=O) groups excluding carboxylic acids is 2. The van der Waals surface area contributed by atoms with Gasteiger partial charge in [-0.25, -0.2) is 24.4 Å². The van der Waals surface area contributed by atoms with Crippen LogP contribution in [0.3, 0.4) is 0 Å². The molecule has 3 aliphatic heterocycles. The van der Waals surface area contributed by atoms with E-state index in [-0.39, 0.29) is 29.2 Å². The second-order valence-electron chi connectivity index (χ2n) is 10.5. The number of hydrogen-bond donors (Lipinski definition) is 3. The number of nitrogens with two attached hydrogens (primary N) is 1. The van der Waals surface area contributed by atoms with Gasteiger partial charge in [-0.3, -0.25) is 9.59 Å². The first kappa shape index (κ1) is 26.6. The summed E-state index contributed by atoms with van der Waals surface area (Å²) >= 11 is 0. The number of likely N-dealkylation sites (tertiary alicyclic amines) is 1. The van der Waals surface area contributed by atoms with Crippen molar-refractivity contribution >= 4 is 35.1 Å². The van der Waals surface area contributed by atoms with Crippen LogP contribution < -0.4 is 21.0 Å². The van der Waals surface area contributed by atoms with Crippen molar-refractivity contribution < 1.29 is 22.8 Å². The molecule has 13 heteroatoms. The van der Waals surface area contributed by atoms with E-state index < -0.39 is 23.7 Å². The number of piperidine rings is 1. The number of pyridine rings is 1. The molecule has 4 aliphatic rings. The lowest BCUT2D eigenvalue weighted by Gasteiger charge is -2.31. The molecule has 0 bridgehead atoms. The van der Waals surface area contributed by atoms with Crippen LogP contribution >= 0.6 is 0 Å². The molecule has 1 saturated heterocycles. The molecule has 1 aromatic carbocycles. The molecule has 1 saturated carbocycles. The second kappa shape index (κ2) is 10.4. The van der Waals surface area contributed by atoms with Crippen molar-refractivity contribution in [3.63, 3.8) is 0 Å². The number of nitrogens with zero attached hydrogens (tertiary/aromatic N) is 5. The predicted molar refractivity (Wildman–Crippen MR) is 147 cm³/mol. The molecule has 0 spiro atoms. The first-order valence-electron chi connectivity index (χ1n) is 13.4. The zero-order chi connectivity index (χ0) is 28.7. The molecule has 41 heavy (non-hydrogen) atoms. The minimum atomic E-state index is -4.55. The number of guanidine groups is 1. The largest absolute Gasteiger partial charge is 0.449 e. The topological polar surface area (TPSA) is 130 Å². The van der Waals surface area contributed by atoms with E-state index in [1.165, 1.54) is 0 Å². The van der Waals surface area contributed by atoms with Gasteiger partial charge < -0.3 is 16.4 Å². The molecular weight excluding hydrogens is 537 g/mol. The Kier molecular flexibility index (Phi) is 6.74. The van der Waals surface area contributed by atoms with Crippen molar-refractivity contribution in [2.24, 2.45) is 16.6 Å². The van der Waals surface area contributed by atoms with Crippen LogP contribution in [-0.4, -0.2) is 69.3 Å². The molecule has 4 heterocycles. The summed E-state index contributed by atoms with van der Waals surface area (Å²) in [5.41, 5.74) is 7.02. The highest BCUT2D eigenvalue weighted by Crippen LogP contribution is 2.31. The highest BCUT2D eigenvalue weighted by atomic mass is 19.4. The number of aliphatic imine (C=N–C) groups is 1. The Morgan fingerprint density at radius 2 is 1.88 bits per heavy atom. The summed E-state index contributed by atoms with van der Waals surface area (Å²) in [4.78, 5) is 37.3. The first-order chi connectivity index (χ1) is 19.7. The number of benzene rings is 1. The Bertz CT molecular complexity index is 1510. The number of hydrogen-bond acceptors (Lipinski definition) is 7. The zero-order valence-corrected chi connectivity index (χ0v) is 21.9. The minimum Gasteiger partial charge on any atom is -0.384 e. The van der Waals surface area contributed by atoms with Gasteiger partial charge in [-0.2, -0.15) is 13.2 Å². The molecule has 0 radical (unpaired) electrons. The molecule has 4 N–H and O–H groups in total. The maximum atomic E-state index is 13.0.